The molecule has 3 rings (SSSR count). The number of carbonyl (C=O) groups excluding carboxylic acids is 1. The van der Waals surface area contributed by atoms with Gasteiger partial charge in [0.25, 0.3) is 5.91 Å². The Morgan fingerprint density at radius 1 is 1.03 bits per heavy atom. The van der Waals surface area contributed by atoms with E-state index in [1.807, 2.05) is 36.4 Å². The summed E-state index contributed by atoms with van der Waals surface area (Å²) >= 11 is 0. The SMILES string of the molecule is CC(C)(C)c1cc(NC(=O)c2cccc(S(C)(=O)=O)c2)n(Cc2ccccc2)n1. The first-order valence-corrected chi connectivity index (χ1v) is 11.2. The molecule has 29 heavy (non-hydrogen) atoms. The Morgan fingerprint density at radius 2 is 1.72 bits per heavy atom. The van der Waals surface area contributed by atoms with E-state index in [0.29, 0.717) is 12.4 Å². The highest BCUT2D eigenvalue weighted by atomic mass is 32.2. The number of sulfone groups is 1. The summed E-state index contributed by atoms with van der Waals surface area (Å²) in [4.78, 5) is 12.9. The maximum atomic E-state index is 12.8. The number of nitrogens with one attached hydrogen (secondary N) is 1. The van der Waals surface area contributed by atoms with Crippen LogP contribution in [-0.2, 0) is 21.8 Å². The standard InChI is InChI=1S/C22H25N3O3S/c1-22(2,3)19-14-20(25(24-19)15-16-9-6-5-7-10-16)23-21(26)17-11-8-12-18(13-17)29(4,27)28/h5-14H,15H2,1-4H3,(H,23,26). The van der Waals surface area contributed by atoms with Crippen LogP contribution in [0.3, 0.4) is 0 Å². The first kappa shape index (κ1) is 20.8. The van der Waals surface area contributed by atoms with Crippen LogP contribution < -0.4 is 5.32 Å². The summed E-state index contributed by atoms with van der Waals surface area (Å²) in [6.45, 7) is 6.69. The monoisotopic (exact) mass is 411 g/mol. The van der Waals surface area contributed by atoms with Crippen molar-refractivity contribution >= 4 is 21.6 Å². The Balaban J connectivity index is 1.93. The van der Waals surface area contributed by atoms with Crippen molar-refractivity contribution in [1.82, 2.24) is 9.78 Å². The zero-order chi connectivity index (χ0) is 21.2. The number of aromatic nitrogens is 2. The van der Waals surface area contributed by atoms with E-state index in [1.54, 1.807) is 16.8 Å². The molecule has 0 atom stereocenters. The van der Waals surface area contributed by atoms with Crippen molar-refractivity contribution < 1.29 is 13.2 Å². The van der Waals surface area contributed by atoms with Gasteiger partial charge in [-0.15, -0.1) is 0 Å². The number of hydrogen-bond donors (Lipinski definition) is 1. The minimum absolute atomic E-state index is 0.110. The van der Waals surface area contributed by atoms with Gasteiger partial charge in [0.15, 0.2) is 9.84 Å². The fraction of sp³-hybridized carbons (Fsp3) is 0.273. The second-order valence-corrected chi connectivity index (χ2v) is 10.1. The average Bonchev–Trinajstić information content (AvgIpc) is 3.05. The maximum absolute atomic E-state index is 12.8. The third-order valence-electron chi connectivity index (χ3n) is 4.49. The molecular formula is C22H25N3O3S. The van der Waals surface area contributed by atoms with Gasteiger partial charge in [-0.1, -0.05) is 57.2 Å². The van der Waals surface area contributed by atoms with Gasteiger partial charge in [0.1, 0.15) is 5.82 Å². The molecule has 0 unspecified atom stereocenters. The highest BCUT2D eigenvalue weighted by molar-refractivity contribution is 7.90. The second-order valence-electron chi connectivity index (χ2n) is 8.06. The summed E-state index contributed by atoms with van der Waals surface area (Å²) in [5, 5.41) is 7.57. The van der Waals surface area contributed by atoms with Crippen LogP contribution in [0.4, 0.5) is 5.82 Å². The maximum Gasteiger partial charge on any atom is 0.256 e. The number of carbonyl (C=O) groups is 1. The van der Waals surface area contributed by atoms with Crippen LogP contribution in [0.5, 0.6) is 0 Å². The van der Waals surface area contributed by atoms with Crippen LogP contribution >= 0.6 is 0 Å². The van der Waals surface area contributed by atoms with Crippen molar-refractivity contribution in [1.29, 1.82) is 0 Å². The predicted octanol–water partition coefficient (Wildman–Crippen LogP) is 3.88. The van der Waals surface area contributed by atoms with Crippen LogP contribution in [0, 0.1) is 0 Å². The molecule has 0 aliphatic rings. The summed E-state index contributed by atoms with van der Waals surface area (Å²) in [5.74, 6) is 0.179. The topological polar surface area (TPSA) is 81.1 Å². The Hall–Kier alpha value is -2.93. The number of anilines is 1. The Labute approximate surface area is 171 Å². The van der Waals surface area contributed by atoms with Gasteiger partial charge in [0.2, 0.25) is 0 Å². The minimum atomic E-state index is -3.39. The van der Waals surface area contributed by atoms with Crippen molar-refractivity contribution in [3.05, 3.63) is 77.5 Å². The predicted molar refractivity (Wildman–Crippen MR) is 114 cm³/mol. The van der Waals surface area contributed by atoms with E-state index < -0.39 is 9.84 Å². The fourth-order valence-electron chi connectivity index (χ4n) is 2.82. The number of nitrogens with zero attached hydrogens (tertiary/aromatic N) is 2. The highest BCUT2D eigenvalue weighted by Gasteiger charge is 2.21. The Bertz CT molecular complexity index is 1130. The molecular weight excluding hydrogens is 386 g/mol. The number of hydrogen-bond acceptors (Lipinski definition) is 4. The van der Waals surface area contributed by atoms with Crippen molar-refractivity contribution in [2.45, 2.75) is 37.6 Å². The van der Waals surface area contributed by atoms with Gasteiger partial charge >= 0.3 is 0 Å². The van der Waals surface area contributed by atoms with Gasteiger partial charge in [0, 0.05) is 23.3 Å². The minimum Gasteiger partial charge on any atom is -0.307 e. The number of rotatable bonds is 5. The van der Waals surface area contributed by atoms with Crippen LogP contribution in [0.25, 0.3) is 0 Å². The van der Waals surface area contributed by atoms with Gasteiger partial charge in [-0.2, -0.15) is 5.10 Å². The summed E-state index contributed by atoms with van der Waals surface area (Å²) in [6, 6.07) is 17.7. The lowest BCUT2D eigenvalue weighted by atomic mass is 9.92. The van der Waals surface area contributed by atoms with Gasteiger partial charge in [-0.3, -0.25) is 4.79 Å². The molecule has 0 aliphatic carbocycles. The van der Waals surface area contributed by atoms with Gasteiger partial charge in [0.05, 0.1) is 17.1 Å². The van der Waals surface area contributed by atoms with E-state index in [0.717, 1.165) is 17.5 Å². The molecule has 152 valence electrons. The van der Waals surface area contributed by atoms with E-state index in [-0.39, 0.29) is 21.8 Å². The highest BCUT2D eigenvalue weighted by Crippen LogP contribution is 2.25. The van der Waals surface area contributed by atoms with Gasteiger partial charge in [-0.05, 0) is 23.8 Å². The Morgan fingerprint density at radius 3 is 2.34 bits per heavy atom. The van der Waals surface area contributed by atoms with Crippen LogP contribution in [0.1, 0.15) is 42.4 Å². The summed E-state index contributed by atoms with van der Waals surface area (Å²) in [5.41, 5.74) is 2.01. The zero-order valence-corrected chi connectivity index (χ0v) is 17.8. The smallest absolute Gasteiger partial charge is 0.256 e. The van der Waals surface area contributed by atoms with Gasteiger partial charge in [-0.25, -0.2) is 13.1 Å². The summed E-state index contributed by atoms with van der Waals surface area (Å²) < 4.78 is 25.3. The third-order valence-corrected chi connectivity index (χ3v) is 5.60. The molecule has 6 nitrogen and oxygen atoms in total. The first-order valence-electron chi connectivity index (χ1n) is 9.28. The van der Waals surface area contributed by atoms with Gasteiger partial charge < -0.3 is 5.32 Å². The van der Waals surface area contributed by atoms with Crippen molar-refractivity contribution in [3.63, 3.8) is 0 Å². The second kappa shape index (κ2) is 7.83. The molecule has 0 saturated carbocycles. The lowest BCUT2D eigenvalue weighted by Crippen LogP contribution is -2.17. The zero-order valence-electron chi connectivity index (χ0n) is 17.0. The Kier molecular flexibility index (Phi) is 5.61. The quantitative estimate of drug-likeness (QED) is 0.691. The average molecular weight is 412 g/mol. The number of benzene rings is 2. The third kappa shape index (κ3) is 5.12. The van der Waals surface area contributed by atoms with E-state index >= 15 is 0 Å². The molecule has 1 heterocycles. The molecule has 3 aromatic rings. The molecule has 0 saturated heterocycles. The molecule has 1 amide bonds. The summed E-state index contributed by atoms with van der Waals surface area (Å²) in [7, 11) is -3.39. The molecule has 2 aromatic carbocycles. The molecule has 0 spiro atoms. The first-order chi connectivity index (χ1) is 13.5. The normalized spacial score (nSPS) is 12.0. The van der Waals surface area contributed by atoms with Crippen LogP contribution in [0.15, 0.2) is 65.6 Å². The van der Waals surface area contributed by atoms with E-state index in [1.165, 1.54) is 12.1 Å². The lowest BCUT2D eigenvalue weighted by Gasteiger charge is -2.14. The van der Waals surface area contributed by atoms with Crippen molar-refractivity contribution in [2.24, 2.45) is 0 Å². The molecule has 0 fully saturated rings. The molecule has 0 radical (unpaired) electrons. The molecule has 0 aliphatic heterocycles. The van der Waals surface area contributed by atoms with Crippen LogP contribution in [0.2, 0.25) is 0 Å². The van der Waals surface area contributed by atoms with E-state index in [2.05, 4.69) is 31.2 Å². The fourth-order valence-corrected chi connectivity index (χ4v) is 3.48. The number of amides is 1. The van der Waals surface area contributed by atoms with Crippen molar-refractivity contribution in [3.8, 4) is 0 Å². The molecule has 7 heteroatoms. The largest absolute Gasteiger partial charge is 0.307 e. The van der Waals surface area contributed by atoms with Crippen molar-refractivity contribution in [2.75, 3.05) is 11.6 Å². The molecule has 0 bridgehead atoms. The summed E-state index contributed by atoms with van der Waals surface area (Å²) in [6.07, 6.45) is 1.12. The van der Waals surface area contributed by atoms with Crippen LogP contribution in [-0.4, -0.2) is 30.4 Å². The van der Waals surface area contributed by atoms with E-state index in [9.17, 15) is 13.2 Å². The molecule has 1 N–H and O–H groups in total. The van der Waals surface area contributed by atoms with E-state index in [4.69, 9.17) is 0 Å². The molecule has 1 aromatic heterocycles. The lowest BCUT2D eigenvalue weighted by molar-refractivity contribution is 0.102.